The molecule has 0 spiro atoms. The van der Waals surface area contributed by atoms with Crippen molar-refractivity contribution in [3.8, 4) is 5.69 Å². The molecule has 114 valence electrons. The fourth-order valence-corrected chi connectivity index (χ4v) is 2.51. The van der Waals surface area contributed by atoms with Gasteiger partial charge in [0.05, 0.1) is 5.69 Å². The molecule has 0 radical (unpaired) electrons. The van der Waals surface area contributed by atoms with E-state index in [4.69, 9.17) is 5.73 Å². The molecule has 3 N–H and O–H groups in total. The van der Waals surface area contributed by atoms with Crippen LogP contribution in [-0.2, 0) is 6.54 Å². The first-order valence-corrected chi connectivity index (χ1v) is 7.56. The maximum absolute atomic E-state index is 10.5. The van der Waals surface area contributed by atoms with Crippen LogP contribution in [0.4, 0.5) is 0 Å². The van der Waals surface area contributed by atoms with Crippen LogP contribution >= 0.6 is 0 Å². The van der Waals surface area contributed by atoms with Gasteiger partial charge in [0.1, 0.15) is 6.10 Å². The number of hydrogen-bond acceptors (Lipinski definition) is 3. The molecule has 0 aliphatic heterocycles. The van der Waals surface area contributed by atoms with Crippen LogP contribution in [0.15, 0.2) is 42.6 Å². The van der Waals surface area contributed by atoms with Crippen molar-refractivity contribution in [2.24, 2.45) is 5.73 Å². The van der Waals surface area contributed by atoms with Gasteiger partial charge in [0.2, 0.25) is 0 Å². The van der Waals surface area contributed by atoms with Crippen LogP contribution in [-0.4, -0.2) is 34.2 Å². The SMILES string of the molecule is CCN(CC)CC(O)c1cccn1-c1ccc(CN)cc1. The quantitative estimate of drug-likeness (QED) is 0.821. The van der Waals surface area contributed by atoms with Gasteiger partial charge in [-0.15, -0.1) is 0 Å². The van der Waals surface area contributed by atoms with Crippen LogP contribution in [0.3, 0.4) is 0 Å². The van der Waals surface area contributed by atoms with Gasteiger partial charge in [-0.3, -0.25) is 0 Å². The van der Waals surface area contributed by atoms with E-state index >= 15 is 0 Å². The van der Waals surface area contributed by atoms with Gasteiger partial charge >= 0.3 is 0 Å². The summed E-state index contributed by atoms with van der Waals surface area (Å²) in [4.78, 5) is 2.22. The van der Waals surface area contributed by atoms with E-state index in [0.29, 0.717) is 13.1 Å². The van der Waals surface area contributed by atoms with Crippen LogP contribution in [0.25, 0.3) is 5.69 Å². The molecule has 0 saturated heterocycles. The lowest BCUT2D eigenvalue weighted by Crippen LogP contribution is -2.29. The molecule has 4 nitrogen and oxygen atoms in total. The Hall–Kier alpha value is -1.62. The minimum atomic E-state index is -0.492. The fraction of sp³-hybridized carbons (Fsp3) is 0.412. The highest BCUT2D eigenvalue weighted by atomic mass is 16.3. The molecule has 1 aromatic carbocycles. The average Bonchev–Trinajstić information content (AvgIpc) is 3.02. The molecule has 0 bridgehead atoms. The number of nitrogens with zero attached hydrogens (tertiary/aromatic N) is 2. The van der Waals surface area contributed by atoms with E-state index in [2.05, 4.69) is 18.7 Å². The molecule has 0 saturated carbocycles. The van der Waals surface area contributed by atoms with Gasteiger partial charge < -0.3 is 20.3 Å². The Morgan fingerprint density at radius 1 is 1.14 bits per heavy atom. The van der Waals surface area contributed by atoms with Crippen molar-refractivity contribution in [2.45, 2.75) is 26.5 Å². The fourth-order valence-electron chi connectivity index (χ4n) is 2.51. The smallest absolute Gasteiger partial charge is 0.107 e. The third kappa shape index (κ3) is 3.73. The highest BCUT2D eigenvalue weighted by molar-refractivity contribution is 5.37. The van der Waals surface area contributed by atoms with Crippen LogP contribution < -0.4 is 5.73 Å². The van der Waals surface area contributed by atoms with E-state index < -0.39 is 6.10 Å². The Balaban J connectivity index is 2.20. The lowest BCUT2D eigenvalue weighted by Gasteiger charge is -2.23. The topological polar surface area (TPSA) is 54.4 Å². The number of aromatic nitrogens is 1. The molecule has 1 unspecified atom stereocenters. The van der Waals surface area contributed by atoms with Crippen molar-refractivity contribution in [1.29, 1.82) is 0 Å². The predicted octanol–water partition coefficient (Wildman–Crippen LogP) is 2.31. The molecular weight excluding hydrogens is 262 g/mol. The number of nitrogens with two attached hydrogens (primary N) is 1. The van der Waals surface area contributed by atoms with Gasteiger partial charge in [-0.05, 0) is 42.9 Å². The number of aliphatic hydroxyl groups is 1. The van der Waals surface area contributed by atoms with E-state index in [9.17, 15) is 5.11 Å². The molecule has 1 aromatic heterocycles. The van der Waals surface area contributed by atoms with Crippen LogP contribution in [0, 0.1) is 0 Å². The van der Waals surface area contributed by atoms with E-state index in [-0.39, 0.29) is 0 Å². The molecule has 0 aliphatic carbocycles. The highest BCUT2D eigenvalue weighted by Crippen LogP contribution is 2.20. The van der Waals surface area contributed by atoms with Crippen LogP contribution in [0.1, 0.15) is 31.2 Å². The third-order valence-corrected chi connectivity index (χ3v) is 3.90. The minimum Gasteiger partial charge on any atom is -0.386 e. The standard InChI is InChI=1S/C17H25N3O/c1-3-19(4-2)13-17(21)16-6-5-11-20(16)15-9-7-14(12-18)8-10-15/h5-11,17,21H,3-4,12-13,18H2,1-2H3. The zero-order chi connectivity index (χ0) is 15.2. The van der Waals surface area contributed by atoms with Crippen molar-refractivity contribution < 1.29 is 5.11 Å². The van der Waals surface area contributed by atoms with E-state index in [0.717, 1.165) is 30.0 Å². The Morgan fingerprint density at radius 2 is 1.81 bits per heavy atom. The van der Waals surface area contributed by atoms with Gasteiger partial charge in [-0.1, -0.05) is 26.0 Å². The molecule has 0 amide bonds. The summed E-state index contributed by atoms with van der Waals surface area (Å²) in [5, 5.41) is 10.5. The summed E-state index contributed by atoms with van der Waals surface area (Å²) in [5.74, 6) is 0. The van der Waals surface area contributed by atoms with Crippen LogP contribution in [0.5, 0.6) is 0 Å². The summed E-state index contributed by atoms with van der Waals surface area (Å²) < 4.78 is 2.04. The van der Waals surface area contributed by atoms with Crippen molar-refractivity contribution in [3.63, 3.8) is 0 Å². The number of benzene rings is 1. The predicted molar refractivity (Wildman–Crippen MR) is 86.4 cm³/mol. The monoisotopic (exact) mass is 287 g/mol. The number of hydrogen-bond donors (Lipinski definition) is 2. The summed E-state index contributed by atoms with van der Waals surface area (Å²) in [6, 6.07) is 12.1. The lowest BCUT2D eigenvalue weighted by molar-refractivity contribution is 0.114. The molecule has 21 heavy (non-hydrogen) atoms. The van der Waals surface area contributed by atoms with Crippen LogP contribution in [0.2, 0.25) is 0 Å². The van der Waals surface area contributed by atoms with E-state index in [1.807, 2.05) is 47.2 Å². The number of aliphatic hydroxyl groups excluding tert-OH is 1. The summed E-state index contributed by atoms with van der Waals surface area (Å²) in [7, 11) is 0. The number of rotatable bonds is 7. The molecule has 0 aliphatic rings. The second kappa shape index (κ2) is 7.41. The highest BCUT2D eigenvalue weighted by Gasteiger charge is 2.15. The zero-order valence-corrected chi connectivity index (χ0v) is 12.9. The van der Waals surface area contributed by atoms with Gasteiger partial charge in [-0.2, -0.15) is 0 Å². The summed E-state index contributed by atoms with van der Waals surface area (Å²) in [6.45, 7) is 7.31. The van der Waals surface area contributed by atoms with Gasteiger partial charge in [0.15, 0.2) is 0 Å². The van der Waals surface area contributed by atoms with Gasteiger partial charge in [0.25, 0.3) is 0 Å². The maximum atomic E-state index is 10.5. The van der Waals surface area contributed by atoms with Crippen molar-refractivity contribution in [2.75, 3.05) is 19.6 Å². The number of likely N-dealkylation sites (N-methyl/N-ethyl adjacent to an activating group) is 1. The first kappa shape index (κ1) is 15.8. The Kier molecular flexibility index (Phi) is 5.56. The molecule has 2 rings (SSSR count). The van der Waals surface area contributed by atoms with Gasteiger partial charge in [-0.25, -0.2) is 0 Å². The second-order valence-electron chi connectivity index (χ2n) is 5.18. The van der Waals surface area contributed by atoms with Crippen molar-refractivity contribution >= 4 is 0 Å². The molecule has 1 heterocycles. The molecule has 4 heteroatoms. The molecular formula is C17H25N3O. The Bertz CT molecular complexity index is 543. The Morgan fingerprint density at radius 3 is 2.38 bits per heavy atom. The normalized spacial score (nSPS) is 12.8. The first-order chi connectivity index (χ1) is 10.2. The zero-order valence-electron chi connectivity index (χ0n) is 12.9. The largest absolute Gasteiger partial charge is 0.386 e. The van der Waals surface area contributed by atoms with Gasteiger partial charge in [0, 0.05) is 25.0 Å². The second-order valence-corrected chi connectivity index (χ2v) is 5.18. The maximum Gasteiger partial charge on any atom is 0.107 e. The van der Waals surface area contributed by atoms with Crippen molar-refractivity contribution in [1.82, 2.24) is 9.47 Å². The minimum absolute atomic E-state index is 0.492. The summed E-state index contributed by atoms with van der Waals surface area (Å²) in [6.07, 6.45) is 1.49. The van der Waals surface area contributed by atoms with Crippen molar-refractivity contribution in [3.05, 3.63) is 53.9 Å². The Labute approximate surface area is 126 Å². The first-order valence-electron chi connectivity index (χ1n) is 7.56. The summed E-state index contributed by atoms with van der Waals surface area (Å²) >= 11 is 0. The van der Waals surface area contributed by atoms with E-state index in [1.54, 1.807) is 0 Å². The molecule has 1 atom stereocenters. The molecule has 2 aromatic rings. The average molecular weight is 287 g/mol. The lowest BCUT2D eigenvalue weighted by atomic mass is 10.2. The molecule has 0 fully saturated rings. The van der Waals surface area contributed by atoms with E-state index in [1.165, 1.54) is 0 Å². The summed E-state index contributed by atoms with van der Waals surface area (Å²) in [5.41, 5.74) is 8.70. The third-order valence-electron chi connectivity index (χ3n) is 3.90.